The van der Waals surface area contributed by atoms with Gasteiger partial charge in [0.05, 0.1) is 6.04 Å². The van der Waals surface area contributed by atoms with Gasteiger partial charge in [0.2, 0.25) is 0 Å². The van der Waals surface area contributed by atoms with Crippen molar-refractivity contribution in [1.29, 1.82) is 0 Å². The van der Waals surface area contributed by atoms with Crippen LogP contribution >= 0.6 is 0 Å². The first-order chi connectivity index (χ1) is 10.1. The zero-order chi connectivity index (χ0) is 15.2. The first-order valence-electron chi connectivity index (χ1n) is 7.32. The van der Waals surface area contributed by atoms with Crippen molar-refractivity contribution in [3.63, 3.8) is 0 Å². The molecule has 0 radical (unpaired) electrons. The van der Waals surface area contributed by atoms with Gasteiger partial charge >= 0.3 is 0 Å². The van der Waals surface area contributed by atoms with E-state index in [4.69, 9.17) is 0 Å². The van der Waals surface area contributed by atoms with Crippen LogP contribution in [0.15, 0.2) is 48.5 Å². The second-order valence-electron chi connectivity index (χ2n) is 5.17. The summed E-state index contributed by atoms with van der Waals surface area (Å²) >= 11 is 0. The van der Waals surface area contributed by atoms with Crippen LogP contribution in [0, 0.1) is 6.92 Å². The first-order valence-corrected chi connectivity index (χ1v) is 7.32. The second-order valence-corrected chi connectivity index (χ2v) is 5.17. The Bertz CT molecular complexity index is 608. The third-order valence-electron chi connectivity index (χ3n) is 3.50. The monoisotopic (exact) mass is 282 g/mol. The maximum atomic E-state index is 12.4. The molecule has 1 amide bonds. The summed E-state index contributed by atoms with van der Waals surface area (Å²) < 4.78 is 0. The van der Waals surface area contributed by atoms with Crippen molar-refractivity contribution in [1.82, 2.24) is 5.32 Å². The molecule has 0 heterocycles. The van der Waals surface area contributed by atoms with Crippen molar-refractivity contribution in [2.75, 3.05) is 11.9 Å². The van der Waals surface area contributed by atoms with Gasteiger partial charge in [-0.25, -0.2) is 0 Å². The summed E-state index contributed by atoms with van der Waals surface area (Å²) in [5.74, 6) is -0.0353. The number of benzene rings is 2. The Morgan fingerprint density at radius 1 is 1.14 bits per heavy atom. The number of amides is 1. The molecule has 0 spiro atoms. The maximum absolute atomic E-state index is 12.4. The van der Waals surface area contributed by atoms with Crippen LogP contribution in [-0.2, 0) is 0 Å². The van der Waals surface area contributed by atoms with Crippen LogP contribution in [0.5, 0.6) is 0 Å². The van der Waals surface area contributed by atoms with Crippen molar-refractivity contribution in [2.24, 2.45) is 0 Å². The number of aryl methyl sites for hydroxylation is 1. The molecule has 21 heavy (non-hydrogen) atoms. The number of nitrogens with one attached hydrogen (secondary N) is 2. The van der Waals surface area contributed by atoms with Gasteiger partial charge in [-0.05, 0) is 50.1 Å². The SMILES string of the molecule is CCNc1ccc(C(=O)NC(C)c2ccccc2)c(C)c1. The molecule has 0 aliphatic rings. The number of rotatable bonds is 5. The highest BCUT2D eigenvalue weighted by atomic mass is 16.1. The highest BCUT2D eigenvalue weighted by Gasteiger charge is 2.13. The molecule has 110 valence electrons. The van der Waals surface area contributed by atoms with E-state index in [2.05, 4.69) is 17.6 Å². The third kappa shape index (κ3) is 3.85. The van der Waals surface area contributed by atoms with Crippen molar-refractivity contribution < 1.29 is 4.79 Å². The Balaban J connectivity index is 2.10. The molecular formula is C18H22N2O. The quantitative estimate of drug-likeness (QED) is 0.872. The van der Waals surface area contributed by atoms with Crippen LogP contribution in [-0.4, -0.2) is 12.5 Å². The lowest BCUT2D eigenvalue weighted by molar-refractivity contribution is 0.0939. The van der Waals surface area contributed by atoms with E-state index in [9.17, 15) is 4.79 Å². The van der Waals surface area contributed by atoms with Crippen molar-refractivity contribution >= 4 is 11.6 Å². The average molecular weight is 282 g/mol. The van der Waals surface area contributed by atoms with Crippen LogP contribution in [0.4, 0.5) is 5.69 Å². The van der Waals surface area contributed by atoms with Gasteiger partial charge in [0, 0.05) is 17.8 Å². The van der Waals surface area contributed by atoms with E-state index < -0.39 is 0 Å². The molecule has 0 saturated heterocycles. The van der Waals surface area contributed by atoms with Crippen LogP contribution in [0.3, 0.4) is 0 Å². The molecule has 2 aromatic carbocycles. The Morgan fingerprint density at radius 2 is 1.86 bits per heavy atom. The summed E-state index contributed by atoms with van der Waals surface area (Å²) in [6.07, 6.45) is 0. The van der Waals surface area contributed by atoms with E-state index in [1.165, 1.54) is 0 Å². The summed E-state index contributed by atoms with van der Waals surface area (Å²) in [7, 11) is 0. The molecule has 2 N–H and O–H groups in total. The Hall–Kier alpha value is -2.29. The summed E-state index contributed by atoms with van der Waals surface area (Å²) in [5, 5.41) is 6.29. The number of hydrogen-bond acceptors (Lipinski definition) is 2. The molecule has 2 rings (SSSR count). The smallest absolute Gasteiger partial charge is 0.252 e. The van der Waals surface area contributed by atoms with Crippen LogP contribution < -0.4 is 10.6 Å². The number of carbonyl (C=O) groups is 1. The van der Waals surface area contributed by atoms with Crippen molar-refractivity contribution in [3.8, 4) is 0 Å². The number of hydrogen-bond donors (Lipinski definition) is 2. The zero-order valence-electron chi connectivity index (χ0n) is 12.8. The minimum atomic E-state index is -0.0353. The lowest BCUT2D eigenvalue weighted by Crippen LogP contribution is -2.27. The summed E-state index contributed by atoms with van der Waals surface area (Å²) in [5.41, 5.74) is 3.85. The fourth-order valence-corrected chi connectivity index (χ4v) is 2.33. The molecule has 0 saturated carbocycles. The third-order valence-corrected chi connectivity index (χ3v) is 3.50. The normalized spacial score (nSPS) is 11.8. The Morgan fingerprint density at radius 3 is 2.48 bits per heavy atom. The molecule has 0 aromatic heterocycles. The van der Waals surface area contributed by atoms with Gasteiger partial charge in [-0.1, -0.05) is 30.3 Å². The van der Waals surface area contributed by atoms with Crippen LogP contribution in [0.1, 0.15) is 41.4 Å². The zero-order valence-corrected chi connectivity index (χ0v) is 12.8. The van der Waals surface area contributed by atoms with E-state index in [0.29, 0.717) is 0 Å². The van der Waals surface area contributed by atoms with Crippen molar-refractivity contribution in [3.05, 3.63) is 65.2 Å². The molecule has 3 nitrogen and oxygen atoms in total. The van der Waals surface area contributed by atoms with Gasteiger partial charge in [-0.3, -0.25) is 4.79 Å². The summed E-state index contributed by atoms with van der Waals surface area (Å²) in [4.78, 5) is 12.4. The van der Waals surface area contributed by atoms with E-state index in [1.54, 1.807) is 0 Å². The molecule has 0 bridgehead atoms. The van der Waals surface area contributed by atoms with Crippen LogP contribution in [0.2, 0.25) is 0 Å². The number of anilines is 1. The first kappa shape index (κ1) is 15.1. The minimum Gasteiger partial charge on any atom is -0.385 e. The van der Waals surface area contributed by atoms with Crippen LogP contribution in [0.25, 0.3) is 0 Å². The molecule has 2 aromatic rings. The van der Waals surface area contributed by atoms with E-state index in [-0.39, 0.29) is 11.9 Å². The second kappa shape index (κ2) is 6.93. The van der Waals surface area contributed by atoms with Crippen molar-refractivity contribution in [2.45, 2.75) is 26.8 Å². The Kier molecular flexibility index (Phi) is 4.99. The van der Waals surface area contributed by atoms with E-state index in [0.717, 1.165) is 28.9 Å². The van der Waals surface area contributed by atoms with Gasteiger partial charge in [0.15, 0.2) is 0 Å². The van der Waals surface area contributed by atoms with Gasteiger partial charge in [0.25, 0.3) is 5.91 Å². The molecule has 0 aliphatic carbocycles. The lowest BCUT2D eigenvalue weighted by atomic mass is 10.0. The predicted molar refractivity (Wildman–Crippen MR) is 87.7 cm³/mol. The van der Waals surface area contributed by atoms with E-state index >= 15 is 0 Å². The molecule has 0 fully saturated rings. The molecule has 1 unspecified atom stereocenters. The van der Waals surface area contributed by atoms with Gasteiger partial charge < -0.3 is 10.6 Å². The molecular weight excluding hydrogens is 260 g/mol. The fraction of sp³-hybridized carbons (Fsp3) is 0.278. The van der Waals surface area contributed by atoms with E-state index in [1.807, 2.05) is 62.4 Å². The predicted octanol–water partition coefficient (Wildman–Crippen LogP) is 3.92. The molecule has 0 aliphatic heterocycles. The standard InChI is InChI=1S/C18H22N2O/c1-4-19-16-10-11-17(13(2)12-16)18(21)20-14(3)15-8-6-5-7-9-15/h5-12,14,19H,4H2,1-3H3,(H,20,21). The van der Waals surface area contributed by atoms with Gasteiger partial charge in [-0.2, -0.15) is 0 Å². The molecule has 1 atom stereocenters. The largest absolute Gasteiger partial charge is 0.385 e. The number of carbonyl (C=O) groups excluding carboxylic acids is 1. The lowest BCUT2D eigenvalue weighted by Gasteiger charge is -2.16. The summed E-state index contributed by atoms with van der Waals surface area (Å²) in [6, 6.07) is 15.8. The Labute approximate surface area is 126 Å². The highest BCUT2D eigenvalue weighted by molar-refractivity contribution is 5.96. The average Bonchev–Trinajstić information content (AvgIpc) is 2.48. The fourth-order valence-electron chi connectivity index (χ4n) is 2.33. The maximum Gasteiger partial charge on any atom is 0.252 e. The highest BCUT2D eigenvalue weighted by Crippen LogP contribution is 2.17. The van der Waals surface area contributed by atoms with Gasteiger partial charge in [-0.15, -0.1) is 0 Å². The minimum absolute atomic E-state index is 0.00783. The molecule has 3 heteroatoms. The summed E-state index contributed by atoms with van der Waals surface area (Å²) in [6.45, 7) is 6.88. The van der Waals surface area contributed by atoms with Gasteiger partial charge in [0.1, 0.15) is 0 Å². The topological polar surface area (TPSA) is 41.1 Å².